The zero-order chi connectivity index (χ0) is 18.8. The molecule has 0 saturated carbocycles. The monoisotopic (exact) mass is 356 g/mol. The first kappa shape index (κ1) is 19.4. The Labute approximate surface area is 154 Å². The molecule has 140 valence electrons. The van der Waals surface area contributed by atoms with Crippen LogP contribution in [0.1, 0.15) is 38.8 Å². The molecule has 7 heteroatoms. The molecular formula is C19H28N6O. The number of guanidine groups is 1. The van der Waals surface area contributed by atoms with Crippen molar-refractivity contribution in [3.05, 3.63) is 42.2 Å². The Balaban J connectivity index is 2.36. The molecule has 0 radical (unpaired) electrons. The quantitative estimate of drug-likeness (QED) is 0.263. The maximum absolute atomic E-state index is 6.00. The first-order valence-electron chi connectivity index (χ1n) is 8.96. The Hall–Kier alpha value is -2.96. The highest BCUT2D eigenvalue weighted by Crippen LogP contribution is 2.28. The number of anilines is 1. The molecule has 1 aromatic heterocycles. The van der Waals surface area contributed by atoms with Crippen LogP contribution in [0, 0.1) is 0 Å². The number of rotatable bonds is 10. The first-order chi connectivity index (χ1) is 12.7. The van der Waals surface area contributed by atoms with Gasteiger partial charge in [-0.2, -0.15) is 5.10 Å². The van der Waals surface area contributed by atoms with Gasteiger partial charge in [0.05, 0.1) is 24.2 Å². The van der Waals surface area contributed by atoms with Crippen LogP contribution in [0.15, 0.2) is 46.7 Å². The topological polar surface area (TPSA) is 103 Å². The molecule has 1 aromatic carbocycles. The van der Waals surface area contributed by atoms with E-state index < -0.39 is 0 Å². The Morgan fingerprint density at radius 3 is 2.81 bits per heavy atom. The summed E-state index contributed by atoms with van der Waals surface area (Å²) < 4.78 is 8.00. The fourth-order valence-corrected chi connectivity index (χ4v) is 2.41. The minimum Gasteiger partial charge on any atom is -0.491 e. The summed E-state index contributed by atoms with van der Waals surface area (Å²) in [7, 11) is 0. The van der Waals surface area contributed by atoms with Crippen molar-refractivity contribution in [2.45, 2.75) is 33.1 Å². The summed E-state index contributed by atoms with van der Waals surface area (Å²) >= 11 is 0. The molecule has 0 unspecified atom stereocenters. The van der Waals surface area contributed by atoms with E-state index in [2.05, 4.69) is 35.4 Å². The number of unbranched alkanes of at least 4 members (excludes halogenated alkanes) is 1. The summed E-state index contributed by atoms with van der Waals surface area (Å²) in [6.45, 7) is 5.89. The summed E-state index contributed by atoms with van der Waals surface area (Å²) in [5.74, 6) is 0.752. The second kappa shape index (κ2) is 10.1. The van der Waals surface area contributed by atoms with Crippen LogP contribution in [0.3, 0.4) is 0 Å². The van der Waals surface area contributed by atoms with Gasteiger partial charge in [0.1, 0.15) is 5.75 Å². The summed E-state index contributed by atoms with van der Waals surface area (Å²) in [5, 5.41) is 11.0. The SMILES string of the molecule is CCCCOc1ccc(NCCC)cc1-n1cccc1/C=N/N=C(N)N. The van der Waals surface area contributed by atoms with Crippen LogP contribution in [-0.2, 0) is 0 Å². The van der Waals surface area contributed by atoms with E-state index in [0.717, 1.165) is 48.6 Å². The van der Waals surface area contributed by atoms with Crippen LogP contribution in [0.4, 0.5) is 5.69 Å². The minimum atomic E-state index is -0.0753. The molecule has 2 rings (SSSR count). The third-order valence-electron chi connectivity index (χ3n) is 3.70. The molecule has 0 bridgehead atoms. The van der Waals surface area contributed by atoms with Crippen molar-refractivity contribution in [1.29, 1.82) is 0 Å². The van der Waals surface area contributed by atoms with Crippen molar-refractivity contribution in [2.24, 2.45) is 21.7 Å². The lowest BCUT2D eigenvalue weighted by Crippen LogP contribution is -2.21. The molecule has 0 amide bonds. The van der Waals surface area contributed by atoms with Gasteiger partial charge in [-0.05, 0) is 43.2 Å². The van der Waals surface area contributed by atoms with Crippen molar-refractivity contribution in [3.63, 3.8) is 0 Å². The summed E-state index contributed by atoms with van der Waals surface area (Å²) in [6.07, 6.45) is 6.74. The van der Waals surface area contributed by atoms with Crippen molar-refractivity contribution in [3.8, 4) is 11.4 Å². The van der Waals surface area contributed by atoms with Gasteiger partial charge in [-0.3, -0.25) is 0 Å². The summed E-state index contributed by atoms with van der Waals surface area (Å²) in [6, 6.07) is 10.00. The van der Waals surface area contributed by atoms with Gasteiger partial charge >= 0.3 is 0 Å². The van der Waals surface area contributed by atoms with Crippen LogP contribution < -0.4 is 21.5 Å². The van der Waals surface area contributed by atoms with Crippen molar-refractivity contribution < 1.29 is 4.74 Å². The van der Waals surface area contributed by atoms with E-state index in [0.29, 0.717) is 6.61 Å². The molecule has 0 atom stereocenters. The molecule has 0 aliphatic rings. The van der Waals surface area contributed by atoms with Crippen LogP contribution in [0.5, 0.6) is 5.75 Å². The van der Waals surface area contributed by atoms with Crippen molar-refractivity contribution in [1.82, 2.24) is 4.57 Å². The second-order valence-electron chi connectivity index (χ2n) is 5.88. The number of nitrogens with two attached hydrogens (primary N) is 2. The average Bonchev–Trinajstić information content (AvgIpc) is 3.09. The standard InChI is InChI=1S/C19H28N6O/c1-3-5-12-26-18-9-8-15(22-10-4-2)13-17(18)25-11-6-7-16(25)14-23-24-19(20)21/h6-9,11,13-14,22H,3-5,10,12H2,1-2H3,(H4,20,21,24)/b23-14+. The van der Waals surface area contributed by atoms with E-state index in [-0.39, 0.29) is 5.96 Å². The molecule has 5 N–H and O–H groups in total. The van der Waals surface area contributed by atoms with Gasteiger partial charge in [0.25, 0.3) is 0 Å². The molecule has 0 fully saturated rings. The normalized spacial score (nSPS) is 10.8. The van der Waals surface area contributed by atoms with Crippen molar-refractivity contribution in [2.75, 3.05) is 18.5 Å². The predicted octanol–water partition coefficient (Wildman–Crippen LogP) is 3.09. The third kappa shape index (κ3) is 5.54. The van der Waals surface area contributed by atoms with Gasteiger partial charge in [-0.15, -0.1) is 5.10 Å². The van der Waals surface area contributed by atoms with E-state index in [9.17, 15) is 0 Å². The molecule has 0 aliphatic carbocycles. The summed E-state index contributed by atoms with van der Waals surface area (Å²) in [5.41, 5.74) is 13.5. The number of aromatic nitrogens is 1. The third-order valence-corrected chi connectivity index (χ3v) is 3.70. The number of nitrogens with zero attached hydrogens (tertiary/aromatic N) is 3. The number of benzene rings is 1. The zero-order valence-electron chi connectivity index (χ0n) is 15.5. The Kier molecular flexibility index (Phi) is 7.54. The van der Waals surface area contributed by atoms with E-state index in [1.807, 2.05) is 35.0 Å². The Bertz CT molecular complexity index is 746. The second-order valence-corrected chi connectivity index (χ2v) is 5.88. The molecule has 1 heterocycles. The van der Waals surface area contributed by atoms with Gasteiger partial charge in [0, 0.05) is 18.4 Å². The zero-order valence-corrected chi connectivity index (χ0v) is 15.5. The highest BCUT2D eigenvalue weighted by Gasteiger charge is 2.10. The maximum atomic E-state index is 6.00. The first-order valence-corrected chi connectivity index (χ1v) is 8.96. The van der Waals surface area contributed by atoms with E-state index >= 15 is 0 Å². The van der Waals surface area contributed by atoms with Crippen molar-refractivity contribution >= 4 is 17.9 Å². The molecule has 2 aromatic rings. The van der Waals surface area contributed by atoms with E-state index in [1.165, 1.54) is 0 Å². The molecule has 7 nitrogen and oxygen atoms in total. The van der Waals surface area contributed by atoms with Crippen LogP contribution >= 0.6 is 0 Å². The maximum Gasteiger partial charge on any atom is 0.211 e. The van der Waals surface area contributed by atoms with E-state index in [4.69, 9.17) is 16.2 Å². The highest BCUT2D eigenvalue weighted by atomic mass is 16.5. The fourth-order valence-electron chi connectivity index (χ4n) is 2.41. The Morgan fingerprint density at radius 2 is 2.08 bits per heavy atom. The van der Waals surface area contributed by atoms with Gasteiger partial charge in [0.2, 0.25) is 5.96 Å². The largest absolute Gasteiger partial charge is 0.491 e. The lowest BCUT2D eigenvalue weighted by molar-refractivity contribution is 0.308. The van der Waals surface area contributed by atoms with Gasteiger partial charge in [-0.25, -0.2) is 0 Å². The lowest BCUT2D eigenvalue weighted by atomic mass is 10.2. The van der Waals surface area contributed by atoms with E-state index in [1.54, 1.807) is 6.21 Å². The molecule has 26 heavy (non-hydrogen) atoms. The smallest absolute Gasteiger partial charge is 0.211 e. The van der Waals surface area contributed by atoms with Crippen LogP contribution in [-0.4, -0.2) is 29.9 Å². The minimum absolute atomic E-state index is 0.0753. The number of ether oxygens (including phenoxy) is 1. The Morgan fingerprint density at radius 1 is 1.23 bits per heavy atom. The van der Waals surface area contributed by atoms with Gasteiger partial charge in [0.15, 0.2) is 0 Å². The number of nitrogens with one attached hydrogen (secondary N) is 1. The lowest BCUT2D eigenvalue weighted by Gasteiger charge is -2.16. The average molecular weight is 356 g/mol. The summed E-state index contributed by atoms with van der Waals surface area (Å²) in [4.78, 5) is 0. The fraction of sp³-hybridized carbons (Fsp3) is 0.368. The highest BCUT2D eigenvalue weighted by molar-refractivity contribution is 5.81. The van der Waals surface area contributed by atoms with Gasteiger partial charge < -0.3 is 26.1 Å². The molecule has 0 saturated heterocycles. The molecule has 0 spiro atoms. The predicted molar refractivity (Wildman–Crippen MR) is 108 cm³/mol. The molecular weight excluding hydrogens is 328 g/mol. The van der Waals surface area contributed by atoms with Crippen LogP contribution in [0.2, 0.25) is 0 Å². The van der Waals surface area contributed by atoms with Crippen LogP contribution in [0.25, 0.3) is 5.69 Å². The number of hydrogen-bond acceptors (Lipinski definition) is 4. The molecule has 0 aliphatic heterocycles. The number of hydrogen-bond donors (Lipinski definition) is 3. The van der Waals surface area contributed by atoms with Gasteiger partial charge in [-0.1, -0.05) is 20.3 Å².